The monoisotopic (exact) mass is 496 g/mol. The van der Waals surface area contributed by atoms with Crippen LogP contribution in [0.3, 0.4) is 0 Å². The molecule has 2 fully saturated rings. The largest absolute Gasteiger partial charge is 0.453 e. The van der Waals surface area contributed by atoms with Crippen LogP contribution in [-0.2, 0) is 24.3 Å². The number of halogens is 5. The number of carbonyl (C=O) groups is 1. The van der Waals surface area contributed by atoms with Crippen LogP contribution in [0.15, 0.2) is 0 Å². The third-order valence-corrected chi connectivity index (χ3v) is 8.58. The Kier molecular flexibility index (Phi) is 9.24. The number of amides is 1. The molecule has 0 aromatic carbocycles. The summed E-state index contributed by atoms with van der Waals surface area (Å²) in [6.07, 6.45) is -6.37. The lowest BCUT2D eigenvalue weighted by atomic mass is 9.98. The molecule has 0 atom stereocenters. The predicted molar refractivity (Wildman–Crippen MR) is 102 cm³/mol. The second-order valence-corrected chi connectivity index (χ2v) is 10.3. The summed E-state index contributed by atoms with van der Waals surface area (Å²) < 4.78 is 98.5. The molecule has 1 amide bonds. The average Bonchev–Trinajstić information content (AvgIpc) is 2.75. The van der Waals surface area contributed by atoms with Gasteiger partial charge in [-0.2, -0.15) is 22.0 Å². The van der Waals surface area contributed by atoms with Crippen LogP contribution in [-0.4, -0.2) is 79.7 Å². The first-order valence-electron chi connectivity index (χ1n) is 10.5. The van der Waals surface area contributed by atoms with Gasteiger partial charge in [0.25, 0.3) is 5.91 Å². The Labute approximate surface area is 183 Å². The average molecular weight is 496 g/mol. The molecule has 0 bridgehead atoms. The van der Waals surface area contributed by atoms with Gasteiger partial charge in [-0.25, -0.2) is 18.2 Å². The van der Waals surface area contributed by atoms with E-state index in [4.69, 9.17) is 14.7 Å². The van der Waals surface area contributed by atoms with Crippen LogP contribution in [0.4, 0.5) is 22.0 Å². The van der Waals surface area contributed by atoms with E-state index in [1.54, 1.807) is 0 Å². The first-order valence-corrected chi connectivity index (χ1v) is 11.9. The molecule has 0 aliphatic carbocycles. The number of unbranched alkanes of at least 4 members (excludes halogenated alkanes) is 2. The normalized spacial score (nSPS) is 21.4. The highest BCUT2D eigenvalue weighted by atomic mass is 32.2. The smallest absolute Gasteiger partial charge is 0.381 e. The zero-order chi connectivity index (χ0) is 24.0. The molecule has 188 valence electrons. The van der Waals surface area contributed by atoms with Crippen molar-refractivity contribution in [2.24, 2.45) is 0 Å². The molecule has 32 heavy (non-hydrogen) atoms. The van der Waals surface area contributed by atoms with Crippen molar-refractivity contribution in [2.75, 3.05) is 32.9 Å². The molecule has 2 aliphatic rings. The van der Waals surface area contributed by atoms with E-state index in [1.807, 2.05) is 0 Å². The van der Waals surface area contributed by atoms with E-state index in [1.165, 1.54) is 9.79 Å². The summed E-state index contributed by atoms with van der Waals surface area (Å²) in [5.41, 5.74) is 1.46. The molecule has 14 heteroatoms. The van der Waals surface area contributed by atoms with Crippen LogP contribution >= 0.6 is 0 Å². The molecular weight excluding hydrogens is 467 g/mol. The molecule has 0 radical (unpaired) electrons. The number of hydrogen-bond acceptors (Lipinski definition) is 6. The summed E-state index contributed by atoms with van der Waals surface area (Å²) in [6, 6.07) is 0. The standard InChI is InChI=1S/C18H29F5N2O6S/c19-17(20,18(21,22)23)6-2-1-3-11-31-14-4-9-25(10-5-14)32(28,29)16(15(26)24-27)7-12-30-13-8-16/h14,27H,1-13H2,(H,24,26). The lowest BCUT2D eigenvalue weighted by molar-refractivity contribution is -0.284. The van der Waals surface area contributed by atoms with Crippen LogP contribution in [0.2, 0.25) is 0 Å². The SMILES string of the molecule is O=C(NO)C1(S(=O)(=O)N2CCC(OCCCCCC(F)(F)C(F)(F)F)CC2)CCOCC1. The van der Waals surface area contributed by atoms with Crippen LogP contribution in [0.25, 0.3) is 0 Å². The molecule has 2 heterocycles. The fourth-order valence-electron chi connectivity index (χ4n) is 3.91. The van der Waals surface area contributed by atoms with E-state index >= 15 is 0 Å². The lowest BCUT2D eigenvalue weighted by Crippen LogP contribution is -2.60. The molecule has 0 spiro atoms. The number of nitrogens with one attached hydrogen (secondary N) is 1. The summed E-state index contributed by atoms with van der Waals surface area (Å²) in [7, 11) is -4.08. The van der Waals surface area contributed by atoms with Crippen molar-refractivity contribution in [3.05, 3.63) is 0 Å². The summed E-state index contributed by atoms with van der Waals surface area (Å²) in [4.78, 5) is 12.2. The summed E-state index contributed by atoms with van der Waals surface area (Å²) in [6.45, 7) is 0.518. The fourth-order valence-corrected chi connectivity index (χ4v) is 6.06. The van der Waals surface area contributed by atoms with Gasteiger partial charge in [0, 0.05) is 52.2 Å². The van der Waals surface area contributed by atoms with Crippen LogP contribution < -0.4 is 5.48 Å². The molecule has 2 aliphatic heterocycles. The first-order chi connectivity index (χ1) is 14.9. The molecule has 2 N–H and O–H groups in total. The quantitative estimate of drug-likeness (QED) is 0.209. The molecule has 0 aromatic heterocycles. The van der Waals surface area contributed by atoms with Gasteiger partial charge in [-0.1, -0.05) is 6.42 Å². The summed E-state index contributed by atoms with van der Waals surface area (Å²) in [5.74, 6) is -5.68. The van der Waals surface area contributed by atoms with Gasteiger partial charge in [0.05, 0.1) is 6.10 Å². The van der Waals surface area contributed by atoms with Crippen LogP contribution in [0.1, 0.15) is 51.4 Å². The highest BCUT2D eigenvalue weighted by molar-refractivity contribution is 7.91. The highest BCUT2D eigenvalue weighted by Gasteiger charge is 2.56. The van der Waals surface area contributed by atoms with E-state index < -0.39 is 39.2 Å². The Balaban J connectivity index is 1.76. The van der Waals surface area contributed by atoms with Crippen molar-refractivity contribution in [1.29, 1.82) is 0 Å². The second kappa shape index (κ2) is 10.9. The van der Waals surface area contributed by atoms with Gasteiger partial charge >= 0.3 is 12.1 Å². The van der Waals surface area contributed by atoms with E-state index in [2.05, 4.69) is 0 Å². The van der Waals surface area contributed by atoms with Gasteiger partial charge in [-0.05, 0) is 25.7 Å². The van der Waals surface area contributed by atoms with E-state index in [9.17, 15) is 35.2 Å². The minimum Gasteiger partial charge on any atom is -0.381 e. The molecule has 0 aromatic rings. The van der Waals surface area contributed by atoms with Crippen molar-refractivity contribution in [2.45, 2.75) is 74.3 Å². The number of piperidine rings is 1. The van der Waals surface area contributed by atoms with E-state index in [0.29, 0.717) is 19.3 Å². The van der Waals surface area contributed by atoms with Gasteiger partial charge < -0.3 is 9.47 Å². The number of rotatable bonds is 10. The molecule has 0 saturated carbocycles. The fraction of sp³-hybridized carbons (Fsp3) is 0.944. The minimum absolute atomic E-state index is 0.0706. The van der Waals surface area contributed by atoms with Gasteiger partial charge in [0.2, 0.25) is 10.0 Å². The number of ether oxygens (including phenoxy) is 2. The zero-order valence-corrected chi connectivity index (χ0v) is 18.3. The van der Waals surface area contributed by atoms with Crippen LogP contribution in [0.5, 0.6) is 0 Å². The summed E-state index contributed by atoms with van der Waals surface area (Å²) in [5, 5.41) is 9.06. The Morgan fingerprint density at radius 2 is 1.69 bits per heavy atom. The molecular formula is C18H29F5N2O6S. The number of sulfonamides is 1. The molecule has 0 unspecified atom stereocenters. The third kappa shape index (κ3) is 6.07. The molecule has 2 saturated heterocycles. The Morgan fingerprint density at radius 1 is 1.09 bits per heavy atom. The maximum atomic E-state index is 13.2. The van der Waals surface area contributed by atoms with Gasteiger partial charge in [-0.15, -0.1) is 0 Å². The van der Waals surface area contributed by atoms with Crippen molar-refractivity contribution in [1.82, 2.24) is 9.79 Å². The van der Waals surface area contributed by atoms with Crippen molar-refractivity contribution < 1.29 is 49.8 Å². The van der Waals surface area contributed by atoms with E-state index in [-0.39, 0.29) is 64.7 Å². The van der Waals surface area contributed by atoms with Gasteiger partial charge in [0.1, 0.15) is 0 Å². The number of nitrogens with zero attached hydrogens (tertiary/aromatic N) is 1. The third-order valence-electron chi connectivity index (χ3n) is 5.95. The minimum atomic E-state index is -5.54. The van der Waals surface area contributed by atoms with Crippen molar-refractivity contribution >= 4 is 15.9 Å². The summed E-state index contributed by atoms with van der Waals surface area (Å²) >= 11 is 0. The Hall–Kier alpha value is -1.09. The molecule has 2 rings (SSSR count). The highest BCUT2D eigenvalue weighted by Crippen LogP contribution is 2.39. The Bertz CT molecular complexity index is 720. The van der Waals surface area contributed by atoms with Crippen LogP contribution in [0, 0.1) is 0 Å². The predicted octanol–water partition coefficient (Wildman–Crippen LogP) is 2.61. The topological polar surface area (TPSA) is 105 Å². The number of hydroxylamine groups is 1. The number of alkyl halides is 5. The van der Waals surface area contributed by atoms with Gasteiger partial charge in [0.15, 0.2) is 4.75 Å². The van der Waals surface area contributed by atoms with Crippen molar-refractivity contribution in [3.8, 4) is 0 Å². The maximum absolute atomic E-state index is 13.2. The zero-order valence-electron chi connectivity index (χ0n) is 17.5. The van der Waals surface area contributed by atoms with Gasteiger partial charge in [-0.3, -0.25) is 10.0 Å². The second-order valence-electron chi connectivity index (χ2n) is 8.03. The van der Waals surface area contributed by atoms with Crippen molar-refractivity contribution in [3.63, 3.8) is 0 Å². The first kappa shape index (κ1) is 27.2. The number of hydrogen-bond donors (Lipinski definition) is 2. The Morgan fingerprint density at radius 3 is 2.22 bits per heavy atom. The van der Waals surface area contributed by atoms with E-state index in [0.717, 1.165) is 0 Å². The lowest BCUT2D eigenvalue weighted by Gasteiger charge is -2.40. The maximum Gasteiger partial charge on any atom is 0.453 e. The molecule has 8 nitrogen and oxygen atoms in total. The number of carbonyl (C=O) groups excluding carboxylic acids is 1.